The van der Waals surface area contributed by atoms with E-state index in [-0.39, 0.29) is 43.7 Å². The number of phenolic OH excluding ortho intramolecular Hbond substituents is 1. The molecule has 2 aliphatic rings. The fourth-order valence-electron chi connectivity index (χ4n) is 8.56. The first-order chi connectivity index (χ1) is 29.0. The molecule has 1 saturated heterocycles. The van der Waals surface area contributed by atoms with E-state index in [0.717, 1.165) is 38.9 Å². The van der Waals surface area contributed by atoms with Crippen molar-refractivity contribution in [1.29, 1.82) is 5.41 Å². The van der Waals surface area contributed by atoms with Gasteiger partial charge in [-0.3, -0.25) is 34.6 Å². The summed E-state index contributed by atoms with van der Waals surface area (Å²) < 4.78 is 13.9. The largest absolute Gasteiger partial charge is 0.508 e. The molecule has 4 aromatic rings. The molecule has 2 aromatic heterocycles. The Kier molecular flexibility index (Phi) is 13.7. The van der Waals surface area contributed by atoms with Crippen LogP contribution in [0.4, 0.5) is 0 Å². The van der Waals surface area contributed by atoms with Gasteiger partial charge in [-0.2, -0.15) is 0 Å². The molecule has 0 spiro atoms. The number of hydrazine groups is 1. The molecule has 0 saturated carbocycles. The van der Waals surface area contributed by atoms with E-state index in [4.69, 9.17) is 20.6 Å². The number of carbonyl (C=O) groups excluding carboxylic acids is 4. The zero-order valence-electron chi connectivity index (χ0n) is 36.1. The Labute approximate surface area is 356 Å². The highest BCUT2D eigenvalue weighted by Gasteiger charge is 2.37. The molecule has 3 atom stereocenters. The molecule has 2 aliphatic heterocycles. The molecule has 0 radical (unpaired) electrons. The van der Waals surface area contributed by atoms with Gasteiger partial charge in [0.15, 0.2) is 5.96 Å². The first-order valence-electron chi connectivity index (χ1n) is 20.8. The van der Waals surface area contributed by atoms with Crippen LogP contribution in [0.1, 0.15) is 64.2 Å². The minimum absolute atomic E-state index is 0.0189. The molecule has 6 rings (SSSR count). The Morgan fingerprint density at radius 3 is 2.64 bits per heavy atom. The van der Waals surface area contributed by atoms with Crippen molar-refractivity contribution in [3.8, 4) is 28.1 Å². The molecule has 16 nitrogen and oxygen atoms in total. The summed E-state index contributed by atoms with van der Waals surface area (Å²) in [6, 6.07) is 10.3. The highest BCUT2D eigenvalue weighted by molar-refractivity contribution is 5.96. The molecule has 7 N–H and O–H groups in total. The van der Waals surface area contributed by atoms with E-state index in [0.29, 0.717) is 43.5 Å². The molecule has 6 bridgehead atoms. The van der Waals surface area contributed by atoms with E-state index in [1.807, 2.05) is 24.4 Å². The highest BCUT2D eigenvalue weighted by Crippen LogP contribution is 2.41. The number of likely N-dealkylation sites (N-methyl/N-ethyl adjacent to an activating group) is 1. The second kappa shape index (κ2) is 18.7. The van der Waals surface area contributed by atoms with Gasteiger partial charge in [-0.05, 0) is 90.3 Å². The Hall–Kier alpha value is -6.00. The number of esters is 1. The molecule has 1 unspecified atom stereocenters. The maximum atomic E-state index is 14.5. The number of nitrogens with one attached hydrogen (secondary N) is 4. The van der Waals surface area contributed by atoms with E-state index in [1.54, 1.807) is 39.3 Å². The number of phenols is 1. The van der Waals surface area contributed by atoms with Crippen LogP contribution >= 0.6 is 0 Å². The lowest BCUT2D eigenvalue weighted by Crippen LogP contribution is -2.62. The van der Waals surface area contributed by atoms with Crippen LogP contribution in [-0.4, -0.2) is 106 Å². The number of amides is 3. The van der Waals surface area contributed by atoms with Crippen LogP contribution in [0.3, 0.4) is 0 Å². The molecule has 326 valence electrons. The summed E-state index contributed by atoms with van der Waals surface area (Å²) >= 11 is 0. The third-order valence-electron chi connectivity index (χ3n) is 11.5. The number of guanidine groups is 1. The molecular weight excluding hydrogens is 779 g/mol. The standard InChI is InChI=1S/C45H59N9O7/c1-8-53-37-12-11-28-20-32(37)33(40(53)34-22-48-14-13-29(34)24-60-7)21-45(4,5)25-61-43(59)35-10-9-15-54(51-35)42(58)36(18-27-16-30(28)19-31(55)17-27)50-41(57)39(26(2)3)52(6)38(56)23-49-44(46)47/h11-14,16-17,19-20,22,26,35-36,39,51,55H,8-10,15,18,21,23-25H2,1-7H3,(H,50,57)(H4,46,47,49)/t35-,36-,39?/m0/s1. The average molecular weight is 838 g/mol. The molecule has 16 heteroatoms. The van der Waals surface area contributed by atoms with Gasteiger partial charge >= 0.3 is 5.97 Å². The van der Waals surface area contributed by atoms with Gasteiger partial charge in [-0.1, -0.05) is 39.8 Å². The number of carbonyl (C=O) groups is 4. The number of pyridine rings is 1. The van der Waals surface area contributed by atoms with Crippen molar-refractivity contribution in [2.24, 2.45) is 17.1 Å². The first-order valence-corrected chi connectivity index (χ1v) is 20.8. The lowest BCUT2D eigenvalue weighted by atomic mass is 9.84. The average Bonchev–Trinajstić information content (AvgIpc) is 3.52. The summed E-state index contributed by atoms with van der Waals surface area (Å²) in [5.41, 5.74) is 15.1. The Morgan fingerprint density at radius 2 is 1.93 bits per heavy atom. The predicted molar refractivity (Wildman–Crippen MR) is 232 cm³/mol. The van der Waals surface area contributed by atoms with Crippen LogP contribution in [0.15, 0.2) is 54.9 Å². The number of nitrogens with two attached hydrogens (primary N) is 1. The summed E-state index contributed by atoms with van der Waals surface area (Å²) in [6.45, 7) is 11.0. The summed E-state index contributed by atoms with van der Waals surface area (Å²) in [6.07, 6.45) is 5.10. The van der Waals surface area contributed by atoms with Crippen LogP contribution in [0, 0.1) is 16.7 Å². The molecule has 61 heavy (non-hydrogen) atoms. The second-order valence-electron chi connectivity index (χ2n) is 17.1. The molecule has 1 fully saturated rings. The van der Waals surface area contributed by atoms with Crippen molar-refractivity contribution >= 4 is 40.6 Å². The topological polar surface area (TPSA) is 217 Å². The quantitative estimate of drug-likeness (QED) is 0.0766. The number of aromatic nitrogens is 2. The number of cyclic esters (lactones) is 1. The third-order valence-corrected chi connectivity index (χ3v) is 11.5. The summed E-state index contributed by atoms with van der Waals surface area (Å²) in [5.74, 6) is -2.79. The number of aromatic hydroxyl groups is 1. The van der Waals surface area contributed by atoms with Gasteiger partial charge in [-0.15, -0.1) is 0 Å². The fraction of sp³-hybridized carbons (Fsp3) is 0.467. The van der Waals surface area contributed by atoms with Gasteiger partial charge in [0.1, 0.15) is 23.9 Å². The number of hydrogen-bond donors (Lipinski definition) is 6. The number of benzene rings is 2. The molecule has 2 aromatic carbocycles. The van der Waals surface area contributed by atoms with Crippen molar-refractivity contribution in [3.63, 3.8) is 0 Å². The normalized spacial score (nSPS) is 18.6. The third kappa shape index (κ3) is 9.97. The number of ether oxygens (including phenoxy) is 2. The lowest BCUT2D eigenvalue weighted by Gasteiger charge is -2.36. The van der Waals surface area contributed by atoms with Crippen LogP contribution < -0.4 is 21.8 Å². The summed E-state index contributed by atoms with van der Waals surface area (Å²) in [5, 5.41) is 26.4. The zero-order valence-corrected chi connectivity index (χ0v) is 36.1. The van der Waals surface area contributed by atoms with Crippen molar-refractivity contribution in [2.75, 3.05) is 33.9 Å². The molecule has 3 amide bonds. The Morgan fingerprint density at radius 1 is 1.16 bits per heavy atom. The molecule has 0 aliphatic carbocycles. The number of rotatable bonds is 10. The molecular formula is C45H59N9O7. The van der Waals surface area contributed by atoms with Crippen molar-refractivity contribution in [1.82, 2.24) is 35.5 Å². The van der Waals surface area contributed by atoms with Crippen molar-refractivity contribution in [2.45, 2.75) is 91.6 Å². The van der Waals surface area contributed by atoms with Crippen LogP contribution in [-0.2, 0) is 54.6 Å². The zero-order chi connectivity index (χ0) is 44.2. The first kappa shape index (κ1) is 44.5. The maximum absolute atomic E-state index is 14.5. The lowest BCUT2D eigenvalue weighted by molar-refractivity contribution is -0.155. The SMILES string of the molecule is CCn1c(-c2cnccc2COC)c2c3cc(ccc31)-c1cc(O)cc(c1)C[C@H](NC(=O)C(C(C)C)N(C)C(=O)CNC(=N)N)C(=O)N1CCC[C@H](N1)C(=O)OCC(C)(C)C2. The second-order valence-corrected chi connectivity index (χ2v) is 17.1. The van der Waals surface area contributed by atoms with Crippen molar-refractivity contribution < 1.29 is 33.8 Å². The van der Waals surface area contributed by atoms with E-state index in [1.165, 1.54) is 17.0 Å². The summed E-state index contributed by atoms with van der Waals surface area (Å²) in [4.78, 5) is 61.4. The van der Waals surface area contributed by atoms with Crippen LogP contribution in [0.25, 0.3) is 33.3 Å². The van der Waals surface area contributed by atoms with Gasteiger partial charge in [0.05, 0.1) is 25.5 Å². The monoisotopic (exact) mass is 837 g/mol. The van der Waals surface area contributed by atoms with Crippen LogP contribution in [0.5, 0.6) is 5.75 Å². The van der Waals surface area contributed by atoms with Gasteiger partial charge < -0.3 is 40.4 Å². The van der Waals surface area contributed by atoms with E-state index >= 15 is 0 Å². The predicted octanol–water partition coefficient (Wildman–Crippen LogP) is 3.86. The number of methoxy groups -OCH3 is 1. The van der Waals surface area contributed by atoms with Gasteiger partial charge in [0, 0.05) is 67.9 Å². The molecule has 4 heterocycles. The van der Waals surface area contributed by atoms with Gasteiger partial charge in [0.25, 0.3) is 5.91 Å². The summed E-state index contributed by atoms with van der Waals surface area (Å²) in [7, 11) is 3.15. The van der Waals surface area contributed by atoms with Crippen molar-refractivity contribution in [3.05, 3.63) is 71.5 Å². The fourth-order valence-corrected chi connectivity index (χ4v) is 8.56. The number of aryl methyl sites for hydroxylation is 1. The van der Waals surface area contributed by atoms with Gasteiger partial charge in [-0.25, -0.2) is 5.43 Å². The number of fused-ring (bicyclic) bond motifs is 6. The van der Waals surface area contributed by atoms with E-state index in [9.17, 15) is 24.3 Å². The smallest absolute Gasteiger partial charge is 0.324 e. The highest BCUT2D eigenvalue weighted by atomic mass is 16.5. The Bertz CT molecular complexity index is 2300. The van der Waals surface area contributed by atoms with Gasteiger partial charge in [0.2, 0.25) is 11.8 Å². The minimum Gasteiger partial charge on any atom is -0.508 e. The van der Waals surface area contributed by atoms with E-state index < -0.39 is 47.2 Å². The Balaban J connectivity index is 1.48. The minimum atomic E-state index is -1.17. The maximum Gasteiger partial charge on any atom is 0.324 e. The number of hydrogen-bond acceptors (Lipinski definition) is 10. The van der Waals surface area contributed by atoms with E-state index in [2.05, 4.69) is 58.5 Å². The number of nitrogens with zero attached hydrogens (tertiary/aromatic N) is 4. The van der Waals surface area contributed by atoms with Crippen LogP contribution in [0.2, 0.25) is 0 Å².